The average Bonchev–Trinajstić information content (AvgIpc) is 4.28. The number of nitriles is 2. The van der Waals surface area contributed by atoms with Crippen molar-refractivity contribution in [2.45, 2.75) is 44.9 Å². The Bertz CT molecular complexity index is 2570. The molecule has 6 heterocycles. The Morgan fingerprint density at radius 3 is 1.52 bits per heavy atom. The molecule has 0 aromatic carbocycles. The first-order valence-electron chi connectivity index (χ1n) is 21.2. The van der Waals surface area contributed by atoms with Crippen molar-refractivity contribution in [3.8, 4) is 34.7 Å². The van der Waals surface area contributed by atoms with Crippen molar-refractivity contribution >= 4 is 52.5 Å². The summed E-state index contributed by atoms with van der Waals surface area (Å²) >= 11 is 0. The van der Waals surface area contributed by atoms with Crippen LogP contribution in [-0.2, 0) is 28.7 Å². The van der Waals surface area contributed by atoms with Crippen LogP contribution in [0.1, 0.15) is 44.0 Å². The Kier molecular flexibility index (Phi) is 14.7. The zero-order chi connectivity index (χ0) is 47.7. The van der Waals surface area contributed by atoms with E-state index >= 15 is 0 Å². The van der Waals surface area contributed by atoms with Gasteiger partial charge >= 0.3 is 6.18 Å². The van der Waals surface area contributed by atoms with E-state index in [1.54, 1.807) is 21.9 Å². The second-order valence-electron chi connectivity index (χ2n) is 15.9. The van der Waals surface area contributed by atoms with Crippen LogP contribution in [0.25, 0.3) is 22.5 Å². The molecule has 2 aliphatic heterocycles. The van der Waals surface area contributed by atoms with Crippen LogP contribution in [-0.4, -0.2) is 145 Å². The summed E-state index contributed by atoms with van der Waals surface area (Å²) in [5, 5.41) is 29.9. The molecule has 0 spiro atoms. The Labute approximate surface area is 381 Å². The van der Waals surface area contributed by atoms with Gasteiger partial charge < -0.3 is 40.7 Å². The molecule has 1 atom stereocenters. The SMILES string of the molecule is CC(=O)N1CCN(C(=O)CNc2cc(-c3cnc(NC(=O)C4CC4)cn3)cnc2C#N)CC1.N#Cc1ncc(-c2cnc(NC(=O)C3CC3)cn2)cc1NCC(=O)N1CCOC(C(F)(F)F)C1. The highest BCUT2D eigenvalue weighted by Crippen LogP contribution is 2.31. The highest BCUT2D eigenvalue weighted by molar-refractivity contribution is 5.94. The molecule has 4 N–H and O–H groups in total. The van der Waals surface area contributed by atoms with Crippen LogP contribution in [0.4, 0.5) is 36.2 Å². The molecule has 4 aromatic heterocycles. The molecule has 8 rings (SSSR count). The number of rotatable bonds is 12. The van der Waals surface area contributed by atoms with Gasteiger partial charge in [-0.25, -0.2) is 19.9 Å². The van der Waals surface area contributed by atoms with Gasteiger partial charge in [-0.2, -0.15) is 23.7 Å². The molecule has 67 heavy (non-hydrogen) atoms. The molecule has 4 aromatic rings. The number of hydrogen-bond donors (Lipinski definition) is 4. The second-order valence-corrected chi connectivity index (χ2v) is 15.9. The number of nitrogens with one attached hydrogen (secondary N) is 4. The minimum Gasteiger partial charge on any atom is -0.374 e. The molecule has 2 saturated heterocycles. The summed E-state index contributed by atoms with van der Waals surface area (Å²) in [5.74, 6) is -0.0366. The van der Waals surface area contributed by atoms with Gasteiger partial charge in [0.15, 0.2) is 29.1 Å². The van der Waals surface area contributed by atoms with Crippen LogP contribution < -0.4 is 21.3 Å². The lowest BCUT2D eigenvalue weighted by Gasteiger charge is -2.34. The number of nitrogens with zero attached hydrogens (tertiary/aromatic N) is 11. The van der Waals surface area contributed by atoms with Crippen LogP contribution in [0.3, 0.4) is 0 Å². The molecule has 21 nitrogen and oxygen atoms in total. The van der Waals surface area contributed by atoms with E-state index in [0.29, 0.717) is 66.0 Å². The normalized spacial score (nSPS) is 16.9. The van der Waals surface area contributed by atoms with E-state index in [9.17, 15) is 47.7 Å². The van der Waals surface area contributed by atoms with Gasteiger partial charge in [0.2, 0.25) is 29.5 Å². The third-order valence-electron chi connectivity index (χ3n) is 11.0. The van der Waals surface area contributed by atoms with Crippen molar-refractivity contribution in [2.24, 2.45) is 11.8 Å². The number of alkyl halides is 3. The van der Waals surface area contributed by atoms with Gasteiger partial charge in [-0.15, -0.1) is 0 Å². The third kappa shape index (κ3) is 12.7. The first kappa shape index (κ1) is 47.1. The molecule has 4 aliphatic rings. The number of amides is 5. The maximum Gasteiger partial charge on any atom is 0.416 e. The minimum absolute atomic E-state index is 0.00228. The van der Waals surface area contributed by atoms with Gasteiger partial charge in [0.05, 0.1) is 73.8 Å². The van der Waals surface area contributed by atoms with Crippen LogP contribution in [0.15, 0.2) is 49.3 Å². The number of piperazine rings is 1. The highest BCUT2D eigenvalue weighted by atomic mass is 19.4. The fourth-order valence-electron chi connectivity index (χ4n) is 6.80. The summed E-state index contributed by atoms with van der Waals surface area (Å²) in [7, 11) is 0. The van der Waals surface area contributed by atoms with E-state index < -0.39 is 24.7 Å². The number of anilines is 4. The lowest BCUT2D eigenvalue weighted by atomic mass is 10.1. The van der Waals surface area contributed by atoms with Crippen LogP contribution in [0.5, 0.6) is 0 Å². The van der Waals surface area contributed by atoms with Gasteiger partial charge in [0.25, 0.3) is 0 Å². The van der Waals surface area contributed by atoms with Gasteiger partial charge in [0, 0.05) is 75.0 Å². The smallest absolute Gasteiger partial charge is 0.374 e. The number of ether oxygens (including phenoxy) is 1. The van der Waals surface area contributed by atoms with E-state index in [0.717, 1.165) is 30.6 Å². The van der Waals surface area contributed by atoms with Gasteiger partial charge in [-0.1, -0.05) is 0 Å². The van der Waals surface area contributed by atoms with Crippen molar-refractivity contribution in [2.75, 3.05) is 80.2 Å². The molecule has 1 unspecified atom stereocenters. The molecular weight excluding hydrogens is 880 g/mol. The van der Waals surface area contributed by atoms with E-state index in [4.69, 9.17) is 4.74 Å². The molecular formula is C43H44F3N15O6. The van der Waals surface area contributed by atoms with Crippen molar-refractivity contribution < 1.29 is 41.9 Å². The van der Waals surface area contributed by atoms with Gasteiger partial charge in [-0.05, 0) is 37.8 Å². The maximum absolute atomic E-state index is 12.9. The number of carbonyl (C=O) groups is 5. The molecule has 2 saturated carbocycles. The topological polar surface area (TPSA) is 277 Å². The van der Waals surface area contributed by atoms with E-state index in [-0.39, 0.29) is 78.8 Å². The number of hydrogen-bond acceptors (Lipinski definition) is 16. The van der Waals surface area contributed by atoms with Crippen molar-refractivity contribution in [3.05, 3.63) is 60.7 Å². The molecule has 0 radical (unpaired) electrons. The van der Waals surface area contributed by atoms with Crippen LogP contribution in [0.2, 0.25) is 0 Å². The Balaban J connectivity index is 0.000000199. The first-order chi connectivity index (χ1) is 32.2. The third-order valence-corrected chi connectivity index (χ3v) is 11.0. The summed E-state index contributed by atoms with van der Waals surface area (Å²) in [6.45, 7) is 2.39. The number of pyridine rings is 2. The van der Waals surface area contributed by atoms with E-state index in [2.05, 4.69) is 51.2 Å². The van der Waals surface area contributed by atoms with E-state index in [1.807, 2.05) is 12.1 Å². The Morgan fingerprint density at radius 1 is 0.657 bits per heavy atom. The first-order valence-corrected chi connectivity index (χ1v) is 21.2. The number of carbonyl (C=O) groups excluding carboxylic acids is 5. The van der Waals surface area contributed by atoms with Gasteiger partial charge in [-0.3, -0.25) is 33.9 Å². The monoisotopic (exact) mass is 923 g/mol. The second kappa shape index (κ2) is 21.0. The van der Waals surface area contributed by atoms with Crippen LogP contribution >= 0.6 is 0 Å². The van der Waals surface area contributed by atoms with Crippen LogP contribution in [0, 0.1) is 34.5 Å². The fourth-order valence-corrected chi connectivity index (χ4v) is 6.80. The quantitative estimate of drug-likeness (QED) is 0.159. The summed E-state index contributed by atoms with van der Waals surface area (Å²) in [6.07, 6.45) is 5.71. The Hall–Kier alpha value is -7.86. The fraction of sp³-hybridized carbons (Fsp3) is 0.419. The van der Waals surface area contributed by atoms with Gasteiger partial charge in [0.1, 0.15) is 12.1 Å². The van der Waals surface area contributed by atoms with Crippen molar-refractivity contribution in [1.29, 1.82) is 10.5 Å². The molecule has 4 fully saturated rings. The van der Waals surface area contributed by atoms with E-state index in [1.165, 1.54) is 44.1 Å². The molecule has 2 aliphatic carbocycles. The lowest BCUT2D eigenvalue weighted by Crippen LogP contribution is -2.52. The maximum atomic E-state index is 12.9. The minimum atomic E-state index is -4.56. The predicted molar refractivity (Wildman–Crippen MR) is 231 cm³/mol. The van der Waals surface area contributed by atoms with Crippen molar-refractivity contribution in [3.63, 3.8) is 0 Å². The average molecular weight is 924 g/mol. The zero-order valence-electron chi connectivity index (χ0n) is 36.0. The standard InChI is InChI=1S/C22H24N8O3.C21H20F3N7O3/c1-14(31)29-4-6-30(7-5-29)21(32)13-26-17-8-16(10-24-18(17)9-23)19-11-27-20(12-25-19)28-22(33)15-2-3-15;22-21(23,24)17-11-31(3-4-34-17)19(32)10-28-14-5-13(7-26-15(14)6-25)16-8-29-18(9-27-16)30-20(33)12-1-2-12/h8,10-12,15,26H,2-7,13H2,1H3,(H,27,28,33);5,7-9,12,17,28H,1-4,10-11H2,(H,29,30,33). The predicted octanol–water partition coefficient (Wildman–Crippen LogP) is 2.82. The molecule has 0 bridgehead atoms. The molecule has 348 valence electrons. The van der Waals surface area contributed by atoms with Crippen molar-refractivity contribution in [1.82, 2.24) is 44.6 Å². The number of aromatic nitrogens is 6. The Morgan fingerprint density at radius 2 is 1.12 bits per heavy atom. The largest absolute Gasteiger partial charge is 0.416 e. The summed E-state index contributed by atoms with van der Waals surface area (Å²) in [4.78, 5) is 89.8. The summed E-state index contributed by atoms with van der Waals surface area (Å²) < 4.78 is 43.4. The molecule has 24 heteroatoms. The number of halogens is 3. The lowest BCUT2D eigenvalue weighted by molar-refractivity contribution is -0.236. The zero-order valence-corrected chi connectivity index (χ0v) is 36.0. The highest BCUT2D eigenvalue weighted by Gasteiger charge is 2.44. The molecule has 5 amide bonds. The summed E-state index contributed by atoms with van der Waals surface area (Å²) in [5.41, 5.74) is 2.85. The number of morpholine rings is 1. The summed E-state index contributed by atoms with van der Waals surface area (Å²) in [6, 6.07) is 7.16.